The van der Waals surface area contributed by atoms with Crippen molar-refractivity contribution in [2.45, 2.75) is 13.5 Å². The number of fused-ring (bicyclic) bond motifs is 1. The van der Waals surface area contributed by atoms with E-state index in [0.29, 0.717) is 34.4 Å². The highest BCUT2D eigenvalue weighted by Crippen LogP contribution is 2.20. The number of esters is 1. The average molecular weight is 400 g/mol. The third-order valence-corrected chi connectivity index (χ3v) is 4.69. The van der Waals surface area contributed by atoms with Crippen molar-refractivity contribution in [1.29, 1.82) is 0 Å². The summed E-state index contributed by atoms with van der Waals surface area (Å²) in [5, 5.41) is 1.01. The van der Waals surface area contributed by atoms with Crippen molar-refractivity contribution in [2.24, 2.45) is 0 Å². The number of benzene rings is 2. The molecule has 0 aliphatic carbocycles. The Labute approximate surface area is 173 Å². The maximum Gasteiger partial charge on any atom is 0.340 e. The molecule has 0 radical (unpaired) electrons. The van der Waals surface area contributed by atoms with Crippen molar-refractivity contribution in [1.82, 2.24) is 9.55 Å². The van der Waals surface area contributed by atoms with Crippen molar-refractivity contribution in [2.75, 3.05) is 6.61 Å². The van der Waals surface area contributed by atoms with Crippen molar-refractivity contribution < 1.29 is 14.3 Å². The van der Waals surface area contributed by atoms with Gasteiger partial charge in [-0.3, -0.25) is 14.3 Å². The molecule has 0 amide bonds. The van der Waals surface area contributed by atoms with Crippen LogP contribution in [0.4, 0.5) is 0 Å². The normalized spacial score (nSPS) is 10.7. The topological polar surface area (TPSA) is 70.4 Å². The summed E-state index contributed by atoms with van der Waals surface area (Å²) < 4.78 is 12.4. The summed E-state index contributed by atoms with van der Waals surface area (Å²) in [6.07, 6.45) is 4.82. The molecule has 0 aliphatic heterocycles. The number of carbonyl (C=O) groups is 1. The van der Waals surface area contributed by atoms with Gasteiger partial charge in [-0.05, 0) is 55.0 Å². The second kappa shape index (κ2) is 8.61. The Morgan fingerprint density at radius 2 is 1.67 bits per heavy atom. The second-order valence-electron chi connectivity index (χ2n) is 6.62. The fraction of sp³-hybridized carbons (Fsp3) is 0.125. The lowest BCUT2D eigenvalue weighted by molar-refractivity contribution is 0.0474. The molecule has 6 nitrogen and oxygen atoms in total. The van der Waals surface area contributed by atoms with Gasteiger partial charge in [-0.25, -0.2) is 4.79 Å². The van der Waals surface area contributed by atoms with Crippen LogP contribution in [0.25, 0.3) is 16.5 Å². The van der Waals surface area contributed by atoms with Gasteiger partial charge in [0.15, 0.2) is 0 Å². The lowest BCUT2D eigenvalue weighted by Crippen LogP contribution is -2.21. The molecule has 150 valence electrons. The molecule has 6 heteroatoms. The zero-order valence-corrected chi connectivity index (χ0v) is 16.4. The van der Waals surface area contributed by atoms with Gasteiger partial charge in [0.2, 0.25) is 0 Å². The molecule has 4 aromatic rings. The van der Waals surface area contributed by atoms with Crippen LogP contribution in [0.1, 0.15) is 22.8 Å². The molecule has 2 aromatic heterocycles. The van der Waals surface area contributed by atoms with Crippen LogP contribution in [0.2, 0.25) is 0 Å². The summed E-state index contributed by atoms with van der Waals surface area (Å²) in [5.41, 5.74) is 1.59. The minimum atomic E-state index is -0.498. The molecule has 0 bridgehead atoms. The predicted molar refractivity (Wildman–Crippen MR) is 114 cm³/mol. The molecule has 30 heavy (non-hydrogen) atoms. The molecule has 0 saturated heterocycles. The van der Waals surface area contributed by atoms with Gasteiger partial charge in [0, 0.05) is 35.1 Å². The fourth-order valence-corrected chi connectivity index (χ4v) is 3.22. The Morgan fingerprint density at radius 1 is 0.967 bits per heavy atom. The van der Waals surface area contributed by atoms with E-state index in [-0.39, 0.29) is 12.2 Å². The van der Waals surface area contributed by atoms with E-state index in [1.807, 2.05) is 6.92 Å². The standard InChI is InChI=1S/C24H20N2O4/c1-2-29-19-9-7-18(8-10-19)26-15-22(20-5-3-4-6-21(20)23(26)27)24(28)30-16-17-11-13-25-14-12-17/h3-15H,2,16H2,1H3. The number of carbonyl (C=O) groups excluding carboxylic acids is 1. The van der Waals surface area contributed by atoms with Gasteiger partial charge in [0.25, 0.3) is 5.56 Å². The van der Waals surface area contributed by atoms with Crippen molar-refractivity contribution in [3.05, 3.63) is 101 Å². The molecule has 0 unspecified atom stereocenters. The number of pyridine rings is 2. The van der Waals surface area contributed by atoms with Crippen LogP contribution < -0.4 is 10.3 Å². The molecule has 0 saturated carbocycles. The maximum absolute atomic E-state index is 13.1. The lowest BCUT2D eigenvalue weighted by Gasteiger charge is -2.13. The summed E-state index contributed by atoms with van der Waals surface area (Å²) in [6, 6.07) is 17.8. The fourth-order valence-electron chi connectivity index (χ4n) is 3.22. The SMILES string of the molecule is CCOc1ccc(-n2cc(C(=O)OCc3ccncc3)c3ccccc3c2=O)cc1. The summed E-state index contributed by atoms with van der Waals surface area (Å²) in [7, 11) is 0. The number of nitrogens with zero attached hydrogens (tertiary/aromatic N) is 2. The molecule has 0 N–H and O–H groups in total. The third-order valence-electron chi connectivity index (χ3n) is 4.69. The Morgan fingerprint density at radius 3 is 2.37 bits per heavy atom. The zero-order valence-electron chi connectivity index (χ0n) is 16.4. The average Bonchev–Trinajstić information content (AvgIpc) is 2.79. The lowest BCUT2D eigenvalue weighted by atomic mass is 10.1. The number of aromatic nitrogens is 2. The second-order valence-corrected chi connectivity index (χ2v) is 6.62. The molecule has 2 heterocycles. The van der Waals surface area contributed by atoms with Crippen LogP contribution in [0.5, 0.6) is 5.75 Å². The van der Waals surface area contributed by atoms with E-state index in [2.05, 4.69) is 4.98 Å². The van der Waals surface area contributed by atoms with Gasteiger partial charge < -0.3 is 9.47 Å². The summed E-state index contributed by atoms with van der Waals surface area (Å²) in [4.78, 5) is 29.9. The number of ether oxygens (including phenoxy) is 2. The van der Waals surface area contributed by atoms with Crippen LogP contribution in [0.3, 0.4) is 0 Å². The van der Waals surface area contributed by atoms with Crippen molar-refractivity contribution in [3.8, 4) is 11.4 Å². The summed E-state index contributed by atoms with van der Waals surface area (Å²) >= 11 is 0. The summed E-state index contributed by atoms with van der Waals surface area (Å²) in [5.74, 6) is 0.217. The monoisotopic (exact) mass is 400 g/mol. The highest BCUT2D eigenvalue weighted by Gasteiger charge is 2.17. The molecule has 0 atom stereocenters. The highest BCUT2D eigenvalue weighted by molar-refractivity contribution is 6.04. The molecule has 4 rings (SSSR count). The van der Waals surface area contributed by atoms with E-state index in [4.69, 9.17) is 9.47 Å². The number of rotatable bonds is 6. The minimum absolute atomic E-state index is 0.123. The van der Waals surface area contributed by atoms with Gasteiger partial charge in [-0.1, -0.05) is 18.2 Å². The first-order valence-corrected chi connectivity index (χ1v) is 9.61. The highest BCUT2D eigenvalue weighted by atomic mass is 16.5. The van der Waals surface area contributed by atoms with E-state index in [0.717, 1.165) is 5.56 Å². The molecule has 0 fully saturated rings. The van der Waals surface area contributed by atoms with Gasteiger partial charge in [0.05, 0.1) is 12.2 Å². The quantitative estimate of drug-likeness (QED) is 0.455. The van der Waals surface area contributed by atoms with Gasteiger partial charge in [0.1, 0.15) is 12.4 Å². The zero-order chi connectivity index (χ0) is 20.9. The molecule has 0 aliphatic rings. The number of hydrogen-bond acceptors (Lipinski definition) is 5. The first kappa shape index (κ1) is 19.4. The van der Waals surface area contributed by atoms with Gasteiger partial charge >= 0.3 is 5.97 Å². The van der Waals surface area contributed by atoms with Crippen LogP contribution in [-0.4, -0.2) is 22.1 Å². The molecule has 2 aromatic carbocycles. The molecule has 0 spiro atoms. The van der Waals surface area contributed by atoms with Gasteiger partial charge in [-0.15, -0.1) is 0 Å². The minimum Gasteiger partial charge on any atom is -0.494 e. The third kappa shape index (κ3) is 3.93. The predicted octanol–water partition coefficient (Wildman–Crippen LogP) is 4.14. The van der Waals surface area contributed by atoms with Crippen LogP contribution in [0.15, 0.2) is 84.0 Å². The van der Waals surface area contributed by atoms with E-state index in [9.17, 15) is 9.59 Å². The molecular weight excluding hydrogens is 380 g/mol. The Bertz CT molecular complexity index is 1230. The Hall–Kier alpha value is -3.93. The largest absolute Gasteiger partial charge is 0.494 e. The van der Waals surface area contributed by atoms with Crippen LogP contribution >= 0.6 is 0 Å². The van der Waals surface area contributed by atoms with Crippen molar-refractivity contribution in [3.63, 3.8) is 0 Å². The molecular formula is C24H20N2O4. The van der Waals surface area contributed by atoms with Crippen molar-refractivity contribution >= 4 is 16.7 Å². The van der Waals surface area contributed by atoms with E-state index in [1.165, 1.54) is 10.8 Å². The van der Waals surface area contributed by atoms with E-state index < -0.39 is 5.97 Å². The first-order valence-electron chi connectivity index (χ1n) is 9.61. The van der Waals surface area contributed by atoms with Crippen LogP contribution in [-0.2, 0) is 11.3 Å². The Kier molecular flexibility index (Phi) is 5.57. The maximum atomic E-state index is 13.1. The van der Waals surface area contributed by atoms with Gasteiger partial charge in [-0.2, -0.15) is 0 Å². The number of hydrogen-bond donors (Lipinski definition) is 0. The van der Waals surface area contributed by atoms with E-state index in [1.54, 1.807) is 73.1 Å². The summed E-state index contributed by atoms with van der Waals surface area (Å²) in [6.45, 7) is 2.59. The van der Waals surface area contributed by atoms with Crippen LogP contribution in [0, 0.1) is 0 Å². The smallest absolute Gasteiger partial charge is 0.340 e. The van der Waals surface area contributed by atoms with E-state index >= 15 is 0 Å². The first-order chi connectivity index (χ1) is 14.7. The Balaban J connectivity index is 1.74.